The summed E-state index contributed by atoms with van der Waals surface area (Å²) >= 11 is 0. The molecule has 0 aliphatic rings. The second kappa shape index (κ2) is 7.04. The molecule has 1 aromatic heterocycles. The summed E-state index contributed by atoms with van der Waals surface area (Å²) in [5, 5.41) is 0. The van der Waals surface area contributed by atoms with Crippen LogP contribution in [0.4, 0.5) is 5.82 Å². The van der Waals surface area contributed by atoms with Gasteiger partial charge in [0.25, 0.3) is 0 Å². The van der Waals surface area contributed by atoms with Gasteiger partial charge in [-0.2, -0.15) is 4.98 Å². The summed E-state index contributed by atoms with van der Waals surface area (Å²) in [5.41, 5.74) is 6.92. The molecule has 0 fully saturated rings. The van der Waals surface area contributed by atoms with Crippen molar-refractivity contribution in [3.63, 3.8) is 0 Å². The summed E-state index contributed by atoms with van der Waals surface area (Å²) in [6.45, 7) is 7.09. The van der Waals surface area contributed by atoms with Crippen LogP contribution in [0.3, 0.4) is 0 Å². The van der Waals surface area contributed by atoms with E-state index in [0.717, 1.165) is 11.3 Å². The van der Waals surface area contributed by atoms with Crippen LogP contribution in [0, 0.1) is 0 Å². The zero-order valence-corrected chi connectivity index (χ0v) is 12.7. The highest BCUT2D eigenvalue weighted by atomic mass is 16.5. The molecule has 112 valence electrons. The van der Waals surface area contributed by atoms with Crippen LogP contribution in [0.5, 0.6) is 11.6 Å². The highest BCUT2D eigenvalue weighted by Crippen LogP contribution is 2.29. The maximum absolute atomic E-state index is 5.89. The molecule has 2 rings (SSSR count). The molecule has 0 saturated carbocycles. The number of benzene rings is 1. The molecular formula is C16H21N3O2. The number of nitrogens with zero attached hydrogens (tertiary/aromatic N) is 2. The van der Waals surface area contributed by atoms with Crippen LogP contribution in [0.1, 0.15) is 38.1 Å². The van der Waals surface area contributed by atoms with Crippen molar-refractivity contribution in [1.82, 2.24) is 9.97 Å². The first kappa shape index (κ1) is 15.3. The lowest BCUT2D eigenvalue weighted by Gasteiger charge is -2.13. The Kier molecular flexibility index (Phi) is 5.11. The second-order valence-corrected chi connectivity index (χ2v) is 4.98. The molecule has 2 aromatic rings. The Morgan fingerprint density at radius 2 is 1.95 bits per heavy atom. The lowest BCUT2D eigenvalue weighted by atomic mass is 10.0. The van der Waals surface area contributed by atoms with E-state index in [0.29, 0.717) is 36.7 Å². The van der Waals surface area contributed by atoms with Crippen LogP contribution < -0.4 is 10.5 Å². The molecular weight excluding hydrogens is 266 g/mol. The minimum Gasteiger partial charge on any atom is -0.439 e. The van der Waals surface area contributed by atoms with Gasteiger partial charge in [-0.25, -0.2) is 4.98 Å². The molecule has 2 N–H and O–H groups in total. The lowest BCUT2D eigenvalue weighted by molar-refractivity contribution is 0.128. The highest BCUT2D eigenvalue weighted by Gasteiger charge is 2.10. The van der Waals surface area contributed by atoms with Crippen LogP contribution in [0.25, 0.3) is 0 Å². The maximum Gasteiger partial charge on any atom is 0.224 e. The van der Waals surface area contributed by atoms with Gasteiger partial charge in [0.15, 0.2) is 5.82 Å². The number of para-hydroxylation sites is 1. The normalized spacial score (nSPS) is 10.9. The van der Waals surface area contributed by atoms with Crippen molar-refractivity contribution in [3.8, 4) is 11.6 Å². The summed E-state index contributed by atoms with van der Waals surface area (Å²) in [6, 6.07) is 9.53. The van der Waals surface area contributed by atoms with Crippen LogP contribution >= 0.6 is 0 Å². The molecule has 0 aliphatic heterocycles. The Labute approximate surface area is 125 Å². The van der Waals surface area contributed by atoms with Crippen LogP contribution in [-0.2, 0) is 11.3 Å². The quantitative estimate of drug-likeness (QED) is 0.880. The van der Waals surface area contributed by atoms with E-state index in [4.69, 9.17) is 15.2 Å². The van der Waals surface area contributed by atoms with Crippen molar-refractivity contribution in [3.05, 3.63) is 41.7 Å². The summed E-state index contributed by atoms with van der Waals surface area (Å²) in [5.74, 6) is 2.48. The van der Waals surface area contributed by atoms with Crippen molar-refractivity contribution in [2.75, 3.05) is 12.3 Å². The molecule has 1 heterocycles. The molecule has 21 heavy (non-hydrogen) atoms. The number of hydrogen-bond donors (Lipinski definition) is 1. The van der Waals surface area contributed by atoms with Gasteiger partial charge < -0.3 is 15.2 Å². The third kappa shape index (κ3) is 4.16. The Morgan fingerprint density at radius 1 is 1.19 bits per heavy atom. The minimum atomic E-state index is 0.323. The average molecular weight is 287 g/mol. The summed E-state index contributed by atoms with van der Waals surface area (Å²) in [6.07, 6.45) is 0. The fourth-order valence-electron chi connectivity index (χ4n) is 1.97. The number of anilines is 1. The number of nitrogens with two attached hydrogens (primary N) is 1. The van der Waals surface area contributed by atoms with Gasteiger partial charge in [-0.1, -0.05) is 32.0 Å². The van der Waals surface area contributed by atoms with Crippen molar-refractivity contribution in [2.24, 2.45) is 0 Å². The summed E-state index contributed by atoms with van der Waals surface area (Å²) in [4.78, 5) is 8.46. The smallest absolute Gasteiger partial charge is 0.224 e. The fourth-order valence-corrected chi connectivity index (χ4v) is 1.97. The zero-order chi connectivity index (χ0) is 15.2. The largest absolute Gasteiger partial charge is 0.439 e. The highest BCUT2D eigenvalue weighted by molar-refractivity contribution is 5.40. The number of rotatable bonds is 6. The lowest BCUT2D eigenvalue weighted by Crippen LogP contribution is -2.04. The third-order valence-electron chi connectivity index (χ3n) is 2.96. The molecule has 0 unspecified atom stereocenters. The minimum absolute atomic E-state index is 0.323. The standard InChI is InChI=1S/C16H21N3O2/c1-4-20-10-15-18-14(17)9-16(19-15)21-13-8-6-5-7-12(13)11(2)3/h5-9,11H,4,10H2,1-3H3,(H2,17,18,19). The van der Waals surface area contributed by atoms with E-state index in [1.54, 1.807) is 6.07 Å². The first-order valence-electron chi connectivity index (χ1n) is 7.08. The van der Waals surface area contributed by atoms with E-state index in [9.17, 15) is 0 Å². The van der Waals surface area contributed by atoms with Crippen molar-refractivity contribution >= 4 is 5.82 Å². The summed E-state index contributed by atoms with van der Waals surface area (Å²) in [7, 11) is 0. The van der Waals surface area contributed by atoms with Crippen molar-refractivity contribution < 1.29 is 9.47 Å². The van der Waals surface area contributed by atoms with Gasteiger partial charge in [-0.3, -0.25) is 0 Å². The molecule has 0 radical (unpaired) electrons. The molecule has 0 aliphatic carbocycles. The molecule has 0 amide bonds. The van der Waals surface area contributed by atoms with Crippen LogP contribution in [-0.4, -0.2) is 16.6 Å². The molecule has 0 saturated heterocycles. The van der Waals surface area contributed by atoms with Gasteiger partial charge in [0, 0.05) is 12.7 Å². The SMILES string of the molecule is CCOCc1nc(N)cc(Oc2ccccc2C(C)C)n1. The molecule has 0 spiro atoms. The van der Waals surface area contributed by atoms with E-state index < -0.39 is 0 Å². The zero-order valence-electron chi connectivity index (χ0n) is 12.7. The maximum atomic E-state index is 5.89. The number of ether oxygens (including phenoxy) is 2. The third-order valence-corrected chi connectivity index (χ3v) is 2.96. The van der Waals surface area contributed by atoms with Crippen molar-refractivity contribution in [1.29, 1.82) is 0 Å². The van der Waals surface area contributed by atoms with E-state index in [1.165, 1.54) is 0 Å². The number of aromatic nitrogens is 2. The monoisotopic (exact) mass is 287 g/mol. The molecule has 1 aromatic carbocycles. The predicted octanol–water partition coefficient (Wildman–Crippen LogP) is 3.51. The van der Waals surface area contributed by atoms with E-state index >= 15 is 0 Å². The molecule has 0 atom stereocenters. The Bertz CT molecular complexity index is 600. The Hall–Kier alpha value is -2.14. The average Bonchev–Trinajstić information content (AvgIpc) is 2.45. The van der Waals surface area contributed by atoms with Gasteiger partial charge in [0.1, 0.15) is 18.2 Å². The number of nitrogen functional groups attached to an aromatic ring is 1. The summed E-state index contributed by atoms with van der Waals surface area (Å²) < 4.78 is 11.2. The predicted molar refractivity (Wildman–Crippen MR) is 82.4 cm³/mol. The van der Waals surface area contributed by atoms with Crippen LogP contribution in [0.15, 0.2) is 30.3 Å². The molecule has 5 nitrogen and oxygen atoms in total. The van der Waals surface area contributed by atoms with Gasteiger partial charge >= 0.3 is 0 Å². The van der Waals surface area contributed by atoms with Gasteiger partial charge in [-0.15, -0.1) is 0 Å². The van der Waals surface area contributed by atoms with Crippen LogP contribution in [0.2, 0.25) is 0 Å². The molecule has 0 bridgehead atoms. The van der Waals surface area contributed by atoms with Gasteiger partial charge in [0.2, 0.25) is 5.88 Å². The van der Waals surface area contributed by atoms with Crippen molar-refractivity contribution in [2.45, 2.75) is 33.3 Å². The topological polar surface area (TPSA) is 70.3 Å². The van der Waals surface area contributed by atoms with E-state index in [-0.39, 0.29) is 0 Å². The van der Waals surface area contributed by atoms with Gasteiger partial charge in [-0.05, 0) is 24.5 Å². The van der Waals surface area contributed by atoms with Gasteiger partial charge in [0.05, 0.1) is 0 Å². The second-order valence-electron chi connectivity index (χ2n) is 4.98. The first-order valence-corrected chi connectivity index (χ1v) is 7.08. The molecule has 5 heteroatoms. The van der Waals surface area contributed by atoms with E-state index in [1.807, 2.05) is 31.2 Å². The Balaban J connectivity index is 2.25. The van der Waals surface area contributed by atoms with E-state index in [2.05, 4.69) is 23.8 Å². The first-order chi connectivity index (χ1) is 10.1. The Morgan fingerprint density at radius 3 is 2.67 bits per heavy atom. The number of hydrogen-bond acceptors (Lipinski definition) is 5. The fraction of sp³-hybridized carbons (Fsp3) is 0.375.